The number of nitriles is 1. The molecule has 0 fully saturated rings. The van der Waals surface area contributed by atoms with Gasteiger partial charge in [-0.3, -0.25) is 0 Å². The minimum atomic E-state index is -1.20. The van der Waals surface area contributed by atoms with E-state index in [1.807, 2.05) is 6.07 Å². The van der Waals surface area contributed by atoms with Crippen molar-refractivity contribution in [3.8, 4) is 6.07 Å². The van der Waals surface area contributed by atoms with E-state index in [0.29, 0.717) is 0 Å². The maximum atomic E-state index is 10.3. The van der Waals surface area contributed by atoms with Gasteiger partial charge in [-0.15, -0.1) is 0 Å². The van der Waals surface area contributed by atoms with Crippen LogP contribution in [0.2, 0.25) is 0 Å². The van der Waals surface area contributed by atoms with E-state index >= 15 is 0 Å². The number of hydrogen-bond acceptors (Lipinski definition) is 3. The van der Waals surface area contributed by atoms with E-state index in [9.17, 15) is 9.90 Å². The van der Waals surface area contributed by atoms with Gasteiger partial charge in [0.25, 0.3) is 0 Å². The standard InChI is InChI=1S/C9H9NO2.Li/c10-7-9(6-8(11)12)4-2-1-3-5-9;/h2-5H,1,6H2,(H,11,12);/q;+1/p-1. The number of nitrogens with zero attached hydrogens (tertiary/aromatic N) is 1. The molecule has 0 saturated carbocycles. The van der Waals surface area contributed by atoms with Gasteiger partial charge in [0.05, 0.1) is 11.5 Å². The van der Waals surface area contributed by atoms with Crippen LogP contribution in [0.25, 0.3) is 0 Å². The van der Waals surface area contributed by atoms with Crippen molar-refractivity contribution in [2.45, 2.75) is 12.8 Å². The van der Waals surface area contributed by atoms with Crippen LogP contribution >= 0.6 is 0 Å². The number of rotatable bonds is 2. The molecule has 0 atom stereocenters. The zero-order valence-corrected chi connectivity index (χ0v) is 7.49. The van der Waals surface area contributed by atoms with Crippen LogP contribution in [0.5, 0.6) is 0 Å². The largest absolute Gasteiger partial charge is 1.00 e. The SMILES string of the molecule is N#CC1(CC(=O)[O-])C=CCC=C1.[Li+]. The van der Waals surface area contributed by atoms with Crippen molar-refractivity contribution in [3.05, 3.63) is 24.3 Å². The van der Waals surface area contributed by atoms with Gasteiger partial charge in [0.2, 0.25) is 0 Å². The van der Waals surface area contributed by atoms with Crippen molar-refractivity contribution in [3.63, 3.8) is 0 Å². The summed E-state index contributed by atoms with van der Waals surface area (Å²) < 4.78 is 0. The third-order valence-electron chi connectivity index (χ3n) is 1.75. The van der Waals surface area contributed by atoms with E-state index in [4.69, 9.17) is 5.26 Å². The maximum absolute atomic E-state index is 10.3. The molecular weight excluding hydrogens is 161 g/mol. The molecule has 4 heteroatoms. The molecule has 3 nitrogen and oxygen atoms in total. The number of carbonyl (C=O) groups is 1. The van der Waals surface area contributed by atoms with Crippen molar-refractivity contribution in [2.75, 3.05) is 0 Å². The number of carboxylic acids is 1. The van der Waals surface area contributed by atoms with E-state index in [1.165, 1.54) is 0 Å². The molecule has 13 heavy (non-hydrogen) atoms. The van der Waals surface area contributed by atoms with Gasteiger partial charge in [-0.2, -0.15) is 5.26 Å². The number of hydrogen-bond donors (Lipinski definition) is 0. The molecule has 0 spiro atoms. The van der Waals surface area contributed by atoms with Crippen LogP contribution < -0.4 is 24.0 Å². The molecule has 0 heterocycles. The van der Waals surface area contributed by atoms with E-state index in [2.05, 4.69) is 0 Å². The molecule has 0 N–H and O–H groups in total. The Morgan fingerprint density at radius 3 is 2.46 bits per heavy atom. The Kier molecular flexibility index (Phi) is 4.55. The van der Waals surface area contributed by atoms with Crippen LogP contribution in [0.15, 0.2) is 24.3 Å². The van der Waals surface area contributed by atoms with E-state index in [-0.39, 0.29) is 25.3 Å². The molecule has 1 aliphatic rings. The van der Waals surface area contributed by atoms with Crippen LogP contribution in [-0.4, -0.2) is 5.97 Å². The number of carboxylic acid groups (broad SMARTS) is 1. The first-order chi connectivity index (χ1) is 5.68. The molecule has 1 aliphatic carbocycles. The fraction of sp³-hybridized carbons (Fsp3) is 0.333. The zero-order valence-electron chi connectivity index (χ0n) is 7.49. The van der Waals surface area contributed by atoms with Gasteiger partial charge in [0, 0.05) is 12.4 Å². The second-order valence-corrected chi connectivity index (χ2v) is 2.74. The van der Waals surface area contributed by atoms with Crippen molar-refractivity contribution < 1.29 is 28.8 Å². The third kappa shape index (κ3) is 3.11. The van der Waals surface area contributed by atoms with Gasteiger partial charge in [-0.25, -0.2) is 0 Å². The van der Waals surface area contributed by atoms with Gasteiger partial charge >= 0.3 is 18.9 Å². The summed E-state index contributed by atoms with van der Waals surface area (Å²) in [5.74, 6) is -1.20. The first kappa shape index (κ1) is 12.0. The molecule has 1 rings (SSSR count). The maximum Gasteiger partial charge on any atom is 1.00 e. The molecule has 0 aliphatic heterocycles. The van der Waals surface area contributed by atoms with Crippen molar-refractivity contribution in [1.82, 2.24) is 0 Å². The zero-order chi connectivity index (χ0) is 9.03. The van der Waals surface area contributed by atoms with E-state index < -0.39 is 11.4 Å². The normalized spacial score (nSPS) is 17.2. The van der Waals surface area contributed by atoms with Crippen molar-refractivity contribution >= 4 is 5.97 Å². The van der Waals surface area contributed by atoms with Crippen molar-refractivity contribution in [1.29, 1.82) is 5.26 Å². The summed E-state index contributed by atoms with van der Waals surface area (Å²) >= 11 is 0. The molecule has 0 aromatic heterocycles. The first-order valence-corrected chi connectivity index (χ1v) is 3.65. The van der Waals surface area contributed by atoms with Crippen LogP contribution in [-0.2, 0) is 4.79 Å². The van der Waals surface area contributed by atoms with Crippen molar-refractivity contribution in [2.24, 2.45) is 5.41 Å². The summed E-state index contributed by atoms with van der Waals surface area (Å²) in [6, 6.07) is 1.95. The average Bonchev–Trinajstić information content (AvgIpc) is 2.05. The van der Waals surface area contributed by atoms with Crippen LogP contribution in [0.3, 0.4) is 0 Å². The summed E-state index contributed by atoms with van der Waals surface area (Å²) in [6.45, 7) is 0. The van der Waals surface area contributed by atoms with Crippen LogP contribution in [0.4, 0.5) is 0 Å². The first-order valence-electron chi connectivity index (χ1n) is 3.65. The smallest absolute Gasteiger partial charge is 0.550 e. The Labute approximate surface area is 88.9 Å². The van der Waals surface area contributed by atoms with Crippen LogP contribution in [0.1, 0.15) is 12.8 Å². The fourth-order valence-corrected chi connectivity index (χ4v) is 1.16. The molecule has 0 aromatic rings. The Bertz CT molecular complexity index is 276. The minimum Gasteiger partial charge on any atom is -0.550 e. The summed E-state index contributed by atoms with van der Waals surface area (Å²) in [5.41, 5.74) is -0.975. The Balaban J connectivity index is 0.00000144. The molecule has 0 saturated heterocycles. The molecule has 0 radical (unpaired) electrons. The molecule has 0 aromatic carbocycles. The summed E-state index contributed by atoms with van der Waals surface area (Å²) in [4.78, 5) is 10.3. The summed E-state index contributed by atoms with van der Waals surface area (Å²) in [6.07, 6.45) is 7.29. The average molecular weight is 169 g/mol. The second-order valence-electron chi connectivity index (χ2n) is 2.74. The number of carbonyl (C=O) groups excluding carboxylic acids is 1. The van der Waals surface area contributed by atoms with E-state index in [1.54, 1.807) is 24.3 Å². The molecule has 0 amide bonds. The van der Waals surface area contributed by atoms with Crippen LogP contribution in [0, 0.1) is 16.7 Å². The van der Waals surface area contributed by atoms with Gasteiger partial charge in [0.15, 0.2) is 0 Å². The minimum absolute atomic E-state index is 0. The molecule has 0 bridgehead atoms. The predicted molar refractivity (Wildman–Crippen MR) is 40.6 cm³/mol. The molecule has 0 unspecified atom stereocenters. The third-order valence-corrected chi connectivity index (χ3v) is 1.75. The second kappa shape index (κ2) is 4.92. The van der Waals surface area contributed by atoms with Gasteiger partial charge in [0.1, 0.15) is 0 Å². The fourth-order valence-electron chi connectivity index (χ4n) is 1.16. The molecule has 62 valence electrons. The van der Waals surface area contributed by atoms with E-state index in [0.717, 1.165) is 6.42 Å². The van der Waals surface area contributed by atoms with Gasteiger partial charge < -0.3 is 9.90 Å². The summed E-state index contributed by atoms with van der Waals surface area (Å²) in [7, 11) is 0. The Morgan fingerprint density at radius 2 is 2.08 bits per heavy atom. The quantitative estimate of drug-likeness (QED) is 0.330. The van der Waals surface area contributed by atoms with Gasteiger partial charge in [-0.1, -0.05) is 24.3 Å². The molecular formula is C9H8LiNO2. The van der Waals surface area contributed by atoms with Gasteiger partial charge in [-0.05, 0) is 6.42 Å². The Hall–Kier alpha value is -0.963. The number of aliphatic carboxylic acids is 1. The summed E-state index contributed by atoms with van der Waals surface area (Å²) in [5, 5.41) is 19.0. The number of allylic oxidation sites excluding steroid dienone is 4. The monoisotopic (exact) mass is 169 g/mol. The predicted octanol–water partition coefficient (Wildman–Crippen LogP) is -2.84. The topological polar surface area (TPSA) is 63.9 Å². The Morgan fingerprint density at radius 1 is 1.54 bits per heavy atom.